The SMILES string of the molecule is CC1(C)OB(c2ccc(OCCOCCOc3ccc4c(c3)C(=O)N(C3CCC(=O)CC3=O)C4=O)cc2)OC1(C)C. The summed E-state index contributed by atoms with van der Waals surface area (Å²) in [6, 6.07) is 11.3. The van der Waals surface area contributed by atoms with Crippen molar-refractivity contribution in [2.45, 2.75) is 64.2 Å². The van der Waals surface area contributed by atoms with Crippen molar-refractivity contribution in [1.29, 1.82) is 0 Å². The first kappa shape index (κ1) is 29.0. The number of benzene rings is 2. The second-order valence-electron chi connectivity index (χ2n) is 11.4. The molecule has 5 rings (SSSR count). The quantitative estimate of drug-likeness (QED) is 0.186. The molecule has 1 unspecified atom stereocenters. The summed E-state index contributed by atoms with van der Waals surface area (Å²) in [6.07, 6.45) is 0.102. The Balaban J connectivity index is 1.03. The van der Waals surface area contributed by atoms with Crippen LogP contribution in [0.2, 0.25) is 0 Å². The van der Waals surface area contributed by atoms with Gasteiger partial charge in [0.05, 0.1) is 48.0 Å². The van der Waals surface area contributed by atoms with Gasteiger partial charge in [0.1, 0.15) is 30.5 Å². The average Bonchev–Trinajstić information content (AvgIpc) is 3.30. The van der Waals surface area contributed by atoms with Gasteiger partial charge in [0.2, 0.25) is 0 Å². The molecule has 1 atom stereocenters. The third kappa shape index (κ3) is 5.93. The van der Waals surface area contributed by atoms with E-state index in [1.165, 1.54) is 12.1 Å². The number of ether oxygens (including phenoxy) is 3. The Kier molecular flexibility index (Phi) is 8.05. The first-order valence-corrected chi connectivity index (χ1v) is 13.8. The van der Waals surface area contributed by atoms with Crippen LogP contribution >= 0.6 is 0 Å². The molecule has 2 aromatic rings. The first-order valence-electron chi connectivity index (χ1n) is 13.8. The van der Waals surface area contributed by atoms with Crippen molar-refractivity contribution in [3.63, 3.8) is 0 Å². The number of hydrogen-bond acceptors (Lipinski definition) is 9. The van der Waals surface area contributed by atoms with Crippen LogP contribution in [-0.4, -0.2) is 79.1 Å². The molecule has 1 saturated heterocycles. The molecule has 3 aliphatic rings. The van der Waals surface area contributed by atoms with Crippen LogP contribution in [0.25, 0.3) is 0 Å². The van der Waals surface area contributed by atoms with Gasteiger partial charge in [-0.1, -0.05) is 12.1 Å². The lowest BCUT2D eigenvalue weighted by molar-refractivity contribution is -0.132. The van der Waals surface area contributed by atoms with E-state index in [-0.39, 0.29) is 42.8 Å². The van der Waals surface area contributed by atoms with Crippen LogP contribution in [0.5, 0.6) is 11.5 Å². The molecule has 2 aromatic carbocycles. The van der Waals surface area contributed by atoms with Gasteiger partial charge in [0.15, 0.2) is 5.78 Å². The molecule has 11 heteroatoms. The zero-order chi connectivity index (χ0) is 29.4. The van der Waals surface area contributed by atoms with Gasteiger partial charge in [-0.2, -0.15) is 0 Å². The number of fused-ring (bicyclic) bond motifs is 1. The van der Waals surface area contributed by atoms with Crippen LogP contribution in [0, 0.1) is 0 Å². The molecule has 2 amide bonds. The minimum atomic E-state index is -0.895. The molecule has 41 heavy (non-hydrogen) atoms. The first-order chi connectivity index (χ1) is 19.5. The molecule has 0 spiro atoms. The largest absolute Gasteiger partial charge is 0.494 e. The van der Waals surface area contributed by atoms with Crippen molar-refractivity contribution < 1.29 is 42.7 Å². The smallest absolute Gasteiger partial charge is 0.491 e. The Hall–Kier alpha value is -3.54. The molecule has 0 N–H and O–H groups in total. The second-order valence-corrected chi connectivity index (χ2v) is 11.4. The molecule has 0 aromatic heterocycles. The van der Waals surface area contributed by atoms with Crippen LogP contribution in [0.4, 0.5) is 0 Å². The maximum absolute atomic E-state index is 12.9. The number of carbonyl (C=O) groups excluding carboxylic acids is 4. The summed E-state index contributed by atoms with van der Waals surface area (Å²) in [5, 5.41) is 0. The Morgan fingerprint density at radius 3 is 2.02 bits per heavy atom. The number of nitrogens with zero attached hydrogens (tertiary/aromatic N) is 1. The molecule has 2 heterocycles. The number of ketones is 2. The van der Waals surface area contributed by atoms with E-state index in [2.05, 4.69) is 0 Å². The fourth-order valence-corrected chi connectivity index (χ4v) is 4.98. The topological polar surface area (TPSA) is 118 Å². The molecule has 10 nitrogen and oxygen atoms in total. The third-order valence-corrected chi connectivity index (χ3v) is 8.04. The molecule has 1 saturated carbocycles. The molecule has 2 fully saturated rings. The monoisotopic (exact) mass is 563 g/mol. The predicted octanol–water partition coefficient (Wildman–Crippen LogP) is 2.75. The summed E-state index contributed by atoms with van der Waals surface area (Å²) in [4.78, 5) is 50.6. The van der Waals surface area contributed by atoms with E-state index in [0.29, 0.717) is 31.3 Å². The Bertz CT molecular complexity index is 1340. The van der Waals surface area contributed by atoms with Gasteiger partial charge in [0, 0.05) is 6.42 Å². The highest BCUT2D eigenvalue weighted by Gasteiger charge is 2.51. The summed E-state index contributed by atoms with van der Waals surface area (Å²) in [7, 11) is -0.423. The van der Waals surface area contributed by atoms with Crippen molar-refractivity contribution >= 4 is 36.0 Å². The van der Waals surface area contributed by atoms with E-state index >= 15 is 0 Å². The maximum Gasteiger partial charge on any atom is 0.494 e. The van der Waals surface area contributed by atoms with E-state index in [4.69, 9.17) is 23.5 Å². The van der Waals surface area contributed by atoms with Crippen molar-refractivity contribution in [1.82, 2.24) is 4.90 Å². The van der Waals surface area contributed by atoms with E-state index in [1.807, 2.05) is 52.0 Å². The number of rotatable bonds is 10. The molecule has 216 valence electrons. The minimum absolute atomic E-state index is 0.167. The fraction of sp³-hybridized carbons (Fsp3) is 0.467. The average molecular weight is 563 g/mol. The molecular weight excluding hydrogens is 529 g/mol. The van der Waals surface area contributed by atoms with Gasteiger partial charge >= 0.3 is 7.12 Å². The highest BCUT2D eigenvalue weighted by atomic mass is 16.7. The molecule has 0 bridgehead atoms. The van der Waals surface area contributed by atoms with Crippen LogP contribution in [0.3, 0.4) is 0 Å². The van der Waals surface area contributed by atoms with E-state index < -0.39 is 42.0 Å². The second kappa shape index (κ2) is 11.4. The van der Waals surface area contributed by atoms with Crippen LogP contribution in [0.15, 0.2) is 42.5 Å². The molecular formula is C30H34BNO9. The number of Topliss-reactive ketones (excluding diaryl/α,β-unsaturated/α-hetero) is 2. The summed E-state index contributed by atoms with van der Waals surface area (Å²) in [5.74, 6) is -0.500. The number of imide groups is 1. The molecule has 2 aliphatic heterocycles. The van der Waals surface area contributed by atoms with Gasteiger partial charge in [-0.05, 0) is 69.9 Å². The number of amides is 2. The van der Waals surface area contributed by atoms with Crippen molar-refractivity contribution in [3.8, 4) is 11.5 Å². The van der Waals surface area contributed by atoms with Crippen molar-refractivity contribution in [2.75, 3.05) is 26.4 Å². The lowest BCUT2D eigenvalue weighted by Crippen LogP contribution is -2.47. The minimum Gasteiger partial charge on any atom is -0.491 e. The normalized spacial score (nSPS) is 21.4. The highest BCUT2D eigenvalue weighted by molar-refractivity contribution is 6.62. The number of carbonyl (C=O) groups is 4. The summed E-state index contributed by atoms with van der Waals surface area (Å²) in [5.41, 5.74) is 0.548. The molecule has 1 aliphatic carbocycles. The van der Waals surface area contributed by atoms with E-state index in [0.717, 1.165) is 10.4 Å². The predicted molar refractivity (Wildman–Crippen MR) is 149 cm³/mol. The summed E-state index contributed by atoms with van der Waals surface area (Å²) in [6.45, 7) is 9.31. The summed E-state index contributed by atoms with van der Waals surface area (Å²) >= 11 is 0. The van der Waals surface area contributed by atoms with Crippen molar-refractivity contribution in [2.24, 2.45) is 0 Å². The standard InChI is InChI=1S/C30H34BNO9/c1-29(2)30(3,4)41-31(40-29)19-5-8-21(9-6-19)38-15-13-37-14-16-39-22-10-11-23-24(18-22)28(36)32(27(23)35)25-12-7-20(33)17-26(25)34/h5-6,8-11,18,25H,7,12-17H2,1-4H3. The van der Waals surface area contributed by atoms with Gasteiger partial charge in [-0.3, -0.25) is 24.1 Å². The maximum atomic E-state index is 12.9. The van der Waals surface area contributed by atoms with Crippen LogP contribution in [0.1, 0.15) is 67.7 Å². The Morgan fingerprint density at radius 2 is 1.39 bits per heavy atom. The zero-order valence-electron chi connectivity index (χ0n) is 23.8. The van der Waals surface area contributed by atoms with Gasteiger partial charge in [0.25, 0.3) is 11.8 Å². The zero-order valence-corrected chi connectivity index (χ0v) is 23.8. The van der Waals surface area contributed by atoms with E-state index in [9.17, 15) is 19.2 Å². The highest BCUT2D eigenvalue weighted by Crippen LogP contribution is 2.36. The van der Waals surface area contributed by atoms with Gasteiger partial charge < -0.3 is 23.5 Å². The van der Waals surface area contributed by atoms with Gasteiger partial charge in [-0.15, -0.1) is 0 Å². The van der Waals surface area contributed by atoms with Crippen molar-refractivity contribution in [3.05, 3.63) is 53.6 Å². The van der Waals surface area contributed by atoms with Crippen LogP contribution in [-0.2, 0) is 23.6 Å². The third-order valence-electron chi connectivity index (χ3n) is 8.04. The Labute approximate surface area is 239 Å². The summed E-state index contributed by atoms with van der Waals surface area (Å²) < 4.78 is 29.2. The molecule has 0 radical (unpaired) electrons. The van der Waals surface area contributed by atoms with Gasteiger partial charge in [-0.25, -0.2) is 0 Å². The lowest BCUT2D eigenvalue weighted by Gasteiger charge is -2.32. The van der Waals surface area contributed by atoms with E-state index in [1.54, 1.807) is 6.07 Å². The fourth-order valence-electron chi connectivity index (χ4n) is 4.98. The lowest BCUT2D eigenvalue weighted by atomic mass is 9.79. The van der Waals surface area contributed by atoms with Crippen LogP contribution < -0.4 is 14.9 Å². The number of hydrogen-bond donors (Lipinski definition) is 0. The Morgan fingerprint density at radius 1 is 0.805 bits per heavy atom.